The van der Waals surface area contributed by atoms with Crippen LogP contribution in [0.2, 0.25) is 0 Å². The monoisotopic (exact) mass is 291 g/mol. The van der Waals surface area contributed by atoms with Gasteiger partial charge in [-0.3, -0.25) is 9.59 Å². The van der Waals surface area contributed by atoms with Gasteiger partial charge >= 0.3 is 0 Å². The van der Waals surface area contributed by atoms with Crippen LogP contribution in [0.25, 0.3) is 0 Å². The van der Waals surface area contributed by atoms with E-state index in [4.69, 9.17) is 0 Å². The van der Waals surface area contributed by atoms with Crippen LogP contribution >= 0.6 is 0 Å². The minimum atomic E-state index is -1.78. The van der Waals surface area contributed by atoms with Crippen molar-refractivity contribution in [2.45, 2.75) is 0 Å². The van der Waals surface area contributed by atoms with Crippen molar-refractivity contribution >= 4 is 17.3 Å². The van der Waals surface area contributed by atoms with Crippen molar-refractivity contribution in [3.63, 3.8) is 0 Å². The molecule has 6 heteroatoms. The highest BCUT2D eigenvalue weighted by atomic mass is 19.2. The first kappa shape index (κ1) is 13.4. The summed E-state index contributed by atoms with van der Waals surface area (Å²) in [4.78, 5) is 24.7. The molecule has 0 radical (unpaired) electrons. The van der Waals surface area contributed by atoms with Crippen LogP contribution in [0.3, 0.4) is 0 Å². The van der Waals surface area contributed by atoms with Gasteiger partial charge < -0.3 is 5.32 Å². The summed E-state index contributed by atoms with van der Waals surface area (Å²) in [7, 11) is 1.26. The summed E-state index contributed by atoms with van der Waals surface area (Å²) >= 11 is 0. The first-order chi connectivity index (χ1) is 9.99. The summed E-state index contributed by atoms with van der Waals surface area (Å²) < 4.78 is 41.3. The highest BCUT2D eigenvalue weighted by Gasteiger charge is 2.37. The van der Waals surface area contributed by atoms with E-state index in [-0.39, 0.29) is 11.1 Å². The molecule has 0 aliphatic heterocycles. The predicted molar refractivity (Wildman–Crippen MR) is 69.2 cm³/mol. The minimum Gasteiger partial charge on any atom is -0.385 e. The van der Waals surface area contributed by atoms with Crippen LogP contribution in [-0.2, 0) is 0 Å². The number of hydrogen-bond acceptors (Lipinski definition) is 3. The smallest absolute Gasteiger partial charge is 0.197 e. The standard InChI is InChI=1S/C15H8F3NO2/c1-19-13-9-8(10(16)11(17)12(13)18)14(20)6-4-2-3-5-7(6)15(9)21/h2-5,19H,1H3. The van der Waals surface area contributed by atoms with Crippen LogP contribution in [0, 0.1) is 17.5 Å². The number of carbonyl (C=O) groups is 2. The Bertz CT molecular complexity index is 815. The second-order valence-electron chi connectivity index (χ2n) is 4.52. The zero-order valence-corrected chi connectivity index (χ0v) is 10.8. The molecule has 0 saturated carbocycles. The number of ketones is 2. The molecule has 1 N–H and O–H groups in total. The number of fused-ring (bicyclic) bond motifs is 2. The number of nitrogens with one attached hydrogen (secondary N) is 1. The van der Waals surface area contributed by atoms with Gasteiger partial charge in [-0.25, -0.2) is 13.2 Å². The van der Waals surface area contributed by atoms with E-state index in [9.17, 15) is 22.8 Å². The molecular formula is C15H8F3NO2. The quantitative estimate of drug-likeness (QED) is 0.701. The maximum absolute atomic E-state index is 14.0. The predicted octanol–water partition coefficient (Wildman–Crippen LogP) is 2.92. The third-order valence-electron chi connectivity index (χ3n) is 3.44. The molecule has 0 fully saturated rings. The van der Waals surface area contributed by atoms with Gasteiger partial charge in [0.15, 0.2) is 29.0 Å². The van der Waals surface area contributed by atoms with Gasteiger partial charge in [-0.1, -0.05) is 24.3 Å². The topological polar surface area (TPSA) is 46.2 Å². The van der Waals surface area contributed by atoms with Crippen molar-refractivity contribution in [1.29, 1.82) is 0 Å². The first-order valence-corrected chi connectivity index (χ1v) is 6.05. The Balaban J connectivity index is 2.46. The highest BCUT2D eigenvalue weighted by molar-refractivity contribution is 6.30. The molecule has 0 spiro atoms. The molecule has 0 heterocycles. The van der Waals surface area contributed by atoms with Crippen LogP contribution in [0.15, 0.2) is 24.3 Å². The normalized spacial score (nSPS) is 13.0. The molecule has 2 aromatic carbocycles. The Hall–Kier alpha value is -2.63. The van der Waals surface area contributed by atoms with E-state index in [0.717, 1.165) is 0 Å². The molecule has 0 bridgehead atoms. The number of rotatable bonds is 1. The van der Waals surface area contributed by atoms with Gasteiger partial charge in [-0.15, -0.1) is 0 Å². The van der Waals surface area contributed by atoms with E-state index in [1.807, 2.05) is 0 Å². The van der Waals surface area contributed by atoms with Crippen LogP contribution in [0.5, 0.6) is 0 Å². The van der Waals surface area contributed by atoms with Gasteiger partial charge in [0.1, 0.15) is 0 Å². The SMILES string of the molecule is CNc1c(F)c(F)c(F)c2c1C(=O)c1ccccc1C2=O. The third-order valence-corrected chi connectivity index (χ3v) is 3.44. The van der Waals surface area contributed by atoms with Crippen LogP contribution in [0.1, 0.15) is 31.8 Å². The van der Waals surface area contributed by atoms with Crippen LogP contribution < -0.4 is 5.32 Å². The highest BCUT2D eigenvalue weighted by Crippen LogP contribution is 2.36. The number of halogens is 3. The molecule has 1 aliphatic carbocycles. The molecule has 3 rings (SSSR count). The van der Waals surface area contributed by atoms with E-state index in [0.29, 0.717) is 0 Å². The zero-order chi connectivity index (χ0) is 15.3. The van der Waals surface area contributed by atoms with E-state index < -0.39 is 45.8 Å². The minimum absolute atomic E-state index is 0.0260. The van der Waals surface area contributed by atoms with Gasteiger partial charge in [0.2, 0.25) is 0 Å². The number of hydrogen-bond donors (Lipinski definition) is 1. The Labute approximate surface area is 117 Å². The molecule has 106 valence electrons. The van der Waals surface area contributed by atoms with Crippen LogP contribution in [-0.4, -0.2) is 18.6 Å². The second-order valence-corrected chi connectivity index (χ2v) is 4.52. The summed E-state index contributed by atoms with van der Waals surface area (Å²) in [5.41, 5.74) is -1.71. The second kappa shape index (κ2) is 4.44. The largest absolute Gasteiger partial charge is 0.385 e. The molecule has 0 unspecified atom stereocenters. The Morgan fingerprint density at radius 1 is 0.810 bits per heavy atom. The molecule has 3 nitrogen and oxygen atoms in total. The summed E-state index contributed by atoms with van der Waals surface area (Å²) in [6.07, 6.45) is 0. The van der Waals surface area contributed by atoms with Crippen molar-refractivity contribution in [3.05, 3.63) is 64.0 Å². The lowest BCUT2D eigenvalue weighted by atomic mass is 9.82. The van der Waals surface area contributed by atoms with Gasteiger partial charge in [0, 0.05) is 18.2 Å². The lowest BCUT2D eigenvalue weighted by Gasteiger charge is -2.21. The number of benzene rings is 2. The van der Waals surface area contributed by atoms with Gasteiger partial charge in [0.25, 0.3) is 0 Å². The zero-order valence-electron chi connectivity index (χ0n) is 10.8. The van der Waals surface area contributed by atoms with Gasteiger partial charge in [-0.05, 0) is 0 Å². The van der Waals surface area contributed by atoms with E-state index >= 15 is 0 Å². The maximum atomic E-state index is 14.0. The molecule has 0 atom stereocenters. The first-order valence-electron chi connectivity index (χ1n) is 6.05. The lowest BCUT2D eigenvalue weighted by Crippen LogP contribution is -2.25. The van der Waals surface area contributed by atoms with E-state index in [2.05, 4.69) is 5.32 Å². The van der Waals surface area contributed by atoms with Gasteiger partial charge in [-0.2, -0.15) is 0 Å². The van der Waals surface area contributed by atoms with Crippen LogP contribution in [0.4, 0.5) is 18.9 Å². The fourth-order valence-electron chi connectivity index (χ4n) is 2.48. The summed E-state index contributed by atoms with van der Waals surface area (Å²) in [6.45, 7) is 0. The number of anilines is 1. The average Bonchev–Trinajstić information content (AvgIpc) is 2.50. The summed E-state index contributed by atoms with van der Waals surface area (Å²) in [5.74, 6) is -6.50. The van der Waals surface area contributed by atoms with Crippen molar-refractivity contribution in [1.82, 2.24) is 0 Å². The van der Waals surface area contributed by atoms with E-state index in [1.165, 1.54) is 31.3 Å². The lowest BCUT2D eigenvalue weighted by molar-refractivity contribution is 0.0974. The maximum Gasteiger partial charge on any atom is 0.197 e. The average molecular weight is 291 g/mol. The van der Waals surface area contributed by atoms with Gasteiger partial charge in [0.05, 0.1) is 16.8 Å². The Kier molecular flexibility index (Phi) is 2.83. The Morgan fingerprint density at radius 2 is 1.33 bits per heavy atom. The molecule has 2 aromatic rings. The molecule has 21 heavy (non-hydrogen) atoms. The fourth-order valence-corrected chi connectivity index (χ4v) is 2.48. The van der Waals surface area contributed by atoms with Crippen molar-refractivity contribution < 1.29 is 22.8 Å². The van der Waals surface area contributed by atoms with E-state index in [1.54, 1.807) is 0 Å². The summed E-state index contributed by atoms with van der Waals surface area (Å²) in [5, 5.41) is 2.32. The molecule has 0 amide bonds. The molecule has 1 aliphatic rings. The van der Waals surface area contributed by atoms with Crippen molar-refractivity contribution in [3.8, 4) is 0 Å². The summed E-state index contributed by atoms with van der Waals surface area (Å²) in [6, 6.07) is 5.77. The molecule has 0 saturated heterocycles. The molecular weight excluding hydrogens is 283 g/mol. The van der Waals surface area contributed by atoms with Crippen molar-refractivity contribution in [2.24, 2.45) is 0 Å². The molecule has 0 aromatic heterocycles. The fraction of sp³-hybridized carbons (Fsp3) is 0.0667. The number of carbonyl (C=O) groups excluding carboxylic acids is 2. The Morgan fingerprint density at radius 3 is 1.86 bits per heavy atom. The van der Waals surface area contributed by atoms with Crippen molar-refractivity contribution in [2.75, 3.05) is 12.4 Å². The third kappa shape index (κ3) is 1.62.